The molecule has 0 saturated heterocycles. The van der Waals surface area contributed by atoms with E-state index in [1.54, 1.807) is 30.3 Å². The first-order valence-electron chi connectivity index (χ1n) is 9.31. The summed E-state index contributed by atoms with van der Waals surface area (Å²) in [4.78, 5) is 25.3. The van der Waals surface area contributed by atoms with Gasteiger partial charge in [-0.25, -0.2) is 8.78 Å². The summed E-state index contributed by atoms with van der Waals surface area (Å²) < 4.78 is 26.7. The molecule has 31 heavy (non-hydrogen) atoms. The molecule has 1 aliphatic heterocycles. The highest BCUT2D eigenvalue weighted by molar-refractivity contribution is 6.36. The smallest absolute Gasteiger partial charge is 0.259 e. The fourth-order valence-corrected chi connectivity index (χ4v) is 3.22. The summed E-state index contributed by atoms with van der Waals surface area (Å²) in [7, 11) is 0. The van der Waals surface area contributed by atoms with Crippen LogP contribution in [0.2, 0.25) is 5.02 Å². The number of benzene rings is 3. The van der Waals surface area contributed by atoms with E-state index in [9.17, 15) is 18.4 Å². The molecule has 6 heteroatoms. The second kappa shape index (κ2) is 8.55. The van der Waals surface area contributed by atoms with Crippen LogP contribution in [-0.4, -0.2) is 11.7 Å². The van der Waals surface area contributed by atoms with Crippen molar-refractivity contribution in [1.29, 1.82) is 0 Å². The van der Waals surface area contributed by atoms with E-state index in [4.69, 9.17) is 11.6 Å². The lowest BCUT2D eigenvalue weighted by atomic mass is 9.93. The number of Topliss-reactive ketones (excluding diaryl/α,β-unsaturated/α-hetero) is 1. The lowest BCUT2D eigenvalue weighted by Gasteiger charge is -2.18. The average molecular weight is 434 g/mol. The fraction of sp³-hybridized carbons (Fsp3) is 0.0400. The van der Waals surface area contributed by atoms with Crippen molar-refractivity contribution in [2.24, 2.45) is 0 Å². The minimum atomic E-state index is -0.640. The van der Waals surface area contributed by atoms with E-state index in [-0.39, 0.29) is 16.4 Å². The van der Waals surface area contributed by atoms with Gasteiger partial charge in [-0.15, -0.1) is 0 Å². The molecule has 1 N–H and O–H groups in total. The molecule has 0 aliphatic carbocycles. The van der Waals surface area contributed by atoms with Gasteiger partial charge in [0.2, 0.25) is 5.78 Å². The molecule has 0 atom stereocenters. The number of amides is 1. The third-order valence-electron chi connectivity index (χ3n) is 4.69. The Morgan fingerprint density at radius 3 is 2.48 bits per heavy atom. The van der Waals surface area contributed by atoms with E-state index in [1.165, 1.54) is 30.3 Å². The lowest BCUT2D eigenvalue weighted by Crippen LogP contribution is -2.27. The number of fused-ring (bicyclic) bond motifs is 1. The van der Waals surface area contributed by atoms with Crippen LogP contribution in [0.25, 0.3) is 6.08 Å². The zero-order valence-corrected chi connectivity index (χ0v) is 16.8. The summed E-state index contributed by atoms with van der Waals surface area (Å²) in [6, 6.07) is 15.0. The van der Waals surface area contributed by atoms with Gasteiger partial charge in [-0.05, 0) is 59.7 Å². The molecule has 4 rings (SSSR count). The fourth-order valence-electron chi connectivity index (χ4n) is 3.11. The van der Waals surface area contributed by atoms with Gasteiger partial charge in [-0.2, -0.15) is 0 Å². The van der Waals surface area contributed by atoms with E-state index in [1.807, 2.05) is 0 Å². The average Bonchev–Trinajstić information content (AvgIpc) is 2.75. The van der Waals surface area contributed by atoms with Crippen molar-refractivity contribution in [2.45, 2.75) is 6.42 Å². The number of rotatable bonds is 2. The first kappa shape index (κ1) is 20.5. The van der Waals surface area contributed by atoms with Crippen molar-refractivity contribution < 1.29 is 18.4 Å². The van der Waals surface area contributed by atoms with E-state index in [0.717, 1.165) is 11.6 Å². The van der Waals surface area contributed by atoms with Gasteiger partial charge < -0.3 is 5.32 Å². The number of carbonyl (C=O) groups is 2. The van der Waals surface area contributed by atoms with Gasteiger partial charge in [0.1, 0.15) is 11.6 Å². The van der Waals surface area contributed by atoms with E-state index < -0.39 is 17.5 Å². The zero-order chi connectivity index (χ0) is 22.0. The van der Waals surface area contributed by atoms with E-state index in [2.05, 4.69) is 17.2 Å². The van der Waals surface area contributed by atoms with Gasteiger partial charge in [0, 0.05) is 17.5 Å². The molecule has 1 heterocycles. The van der Waals surface area contributed by atoms with Crippen LogP contribution in [0.3, 0.4) is 0 Å². The maximum absolute atomic E-state index is 13.7. The zero-order valence-electron chi connectivity index (χ0n) is 16.0. The molecule has 0 fully saturated rings. The molecule has 3 nitrogen and oxygen atoms in total. The molecule has 0 unspecified atom stereocenters. The van der Waals surface area contributed by atoms with Gasteiger partial charge in [-0.1, -0.05) is 41.6 Å². The van der Waals surface area contributed by atoms with Crippen LogP contribution >= 0.6 is 11.6 Å². The monoisotopic (exact) mass is 433 g/mol. The number of anilines is 1. The van der Waals surface area contributed by atoms with Crippen molar-refractivity contribution in [3.05, 3.63) is 105 Å². The predicted molar refractivity (Wildman–Crippen MR) is 116 cm³/mol. The van der Waals surface area contributed by atoms with Crippen LogP contribution in [0.1, 0.15) is 27.0 Å². The molecular formula is C25H14ClF2NO2. The normalized spacial score (nSPS) is 14.0. The molecule has 0 aromatic heterocycles. The Morgan fingerprint density at radius 1 is 0.968 bits per heavy atom. The van der Waals surface area contributed by atoms with Crippen LogP contribution in [0.5, 0.6) is 0 Å². The van der Waals surface area contributed by atoms with Gasteiger partial charge in [-0.3, -0.25) is 9.59 Å². The minimum absolute atomic E-state index is 0.0456. The number of hydrogen-bond donors (Lipinski definition) is 1. The highest BCUT2D eigenvalue weighted by Gasteiger charge is 2.28. The van der Waals surface area contributed by atoms with E-state index >= 15 is 0 Å². The lowest BCUT2D eigenvalue weighted by molar-refractivity contribution is -0.112. The second-order valence-electron chi connectivity index (χ2n) is 6.88. The number of ketones is 1. The van der Waals surface area contributed by atoms with Crippen LogP contribution in [0, 0.1) is 23.5 Å². The predicted octanol–water partition coefficient (Wildman–Crippen LogP) is 5.43. The van der Waals surface area contributed by atoms with Crippen LogP contribution < -0.4 is 5.32 Å². The van der Waals surface area contributed by atoms with Crippen molar-refractivity contribution in [3.8, 4) is 11.8 Å². The van der Waals surface area contributed by atoms with Gasteiger partial charge in [0.25, 0.3) is 5.91 Å². The van der Waals surface area contributed by atoms with Crippen molar-refractivity contribution in [3.63, 3.8) is 0 Å². The summed E-state index contributed by atoms with van der Waals surface area (Å²) in [6.07, 6.45) is 1.75. The molecule has 0 radical (unpaired) electrons. The van der Waals surface area contributed by atoms with Crippen molar-refractivity contribution in [2.75, 3.05) is 5.32 Å². The maximum Gasteiger partial charge on any atom is 0.259 e. The number of halogens is 3. The number of carbonyl (C=O) groups excluding carboxylic acids is 2. The Labute approximate surface area is 182 Å². The Kier molecular flexibility index (Phi) is 5.66. The first-order chi connectivity index (χ1) is 14.9. The molecule has 0 spiro atoms. The third kappa shape index (κ3) is 4.55. The highest BCUT2D eigenvalue weighted by atomic mass is 35.5. The SMILES string of the molecule is O=C1Nc2ccc(C#CCc3ccc(F)cc3)cc2C(=O)C1=Cc1ccc(Cl)c(F)c1. The summed E-state index contributed by atoms with van der Waals surface area (Å²) in [5.41, 5.74) is 2.40. The summed E-state index contributed by atoms with van der Waals surface area (Å²) >= 11 is 5.68. The second-order valence-corrected chi connectivity index (χ2v) is 7.29. The number of hydrogen-bond acceptors (Lipinski definition) is 2. The Bertz CT molecular complexity index is 1300. The van der Waals surface area contributed by atoms with Crippen molar-refractivity contribution >= 4 is 35.1 Å². The molecule has 3 aromatic rings. The van der Waals surface area contributed by atoms with Gasteiger partial charge in [0.15, 0.2) is 0 Å². The maximum atomic E-state index is 13.7. The Hall–Kier alpha value is -3.75. The highest BCUT2D eigenvalue weighted by Crippen LogP contribution is 2.28. The third-order valence-corrected chi connectivity index (χ3v) is 5.00. The first-order valence-corrected chi connectivity index (χ1v) is 9.69. The summed E-state index contributed by atoms with van der Waals surface area (Å²) in [6.45, 7) is 0. The quantitative estimate of drug-likeness (QED) is 0.333. The largest absolute Gasteiger partial charge is 0.321 e. The molecule has 1 aliphatic rings. The van der Waals surface area contributed by atoms with Crippen LogP contribution in [0.15, 0.2) is 66.2 Å². The standard InChI is InChI=1S/C25H14ClF2NO2/c26-21-10-6-17(14-22(21)28)13-20-24(30)19-12-16(7-11-23(19)29-25(20)31)3-1-2-15-4-8-18(27)9-5-15/h4-14H,2H2,(H,29,31). The Balaban J connectivity index is 1.60. The van der Waals surface area contributed by atoms with E-state index in [0.29, 0.717) is 28.8 Å². The summed E-state index contributed by atoms with van der Waals surface area (Å²) in [5, 5.41) is 2.62. The molecule has 0 bridgehead atoms. The minimum Gasteiger partial charge on any atom is -0.321 e. The van der Waals surface area contributed by atoms with Crippen molar-refractivity contribution in [1.82, 2.24) is 0 Å². The summed E-state index contributed by atoms with van der Waals surface area (Å²) in [5.74, 6) is 3.98. The molecule has 152 valence electrons. The van der Waals surface area contributed by atoms with Crippen LogP contribution in [-0.2, 0) is 11.2 Å². The number of nitrogens with one attached hydrogen (secondary N) is 1. The topological polar surface area (TPSA) is 46.2 Å². The van der Waals surface area contributed by atoms with Gasteiger partial charge in [0.05, 0.1) is 16.3 Å². The van der Waals surface area contributed by atoms with Crippen LogP contribution in [0.4, 0.5) is 14.5 Å². The Morgan fingerprint density at radius 2 is 1.74 bits per heavy atom. The van der Waals surface area contributed by atoms with Gasteiger partial charge >= 0.3 is 0 Å². The molecule has 0 saturated carbocycles. The molecular weight excluding hydrogens is 420 g/mol. The molecule has 3 aromatic carbocycles. The molecule has 1 amide bonds.